The van der Waals surface area contributed by atoms with Gasteiger partial charge in [0.1, 0.15) is 27.2 Å². The number of nitrogens with zero attached hydrogens (tertiary/aromatic N) is 4. The van der Waals surface area contributed by atoms with Gasteiger partial charge < -0.3 is 25.8 Å². The van der Waals surface area contributed by atoms with E-state index in [2.05, 4.69) is 16.0 Å². The number of piperazine rings is 1. The molecule has 0 spiro atoms. The van der Waals surface area contributed by atoms with Crippen LogP contribution in [0.4, 0.5) is 11.5 Å². The van der Waals surface area contributed by atoms with Crippen LogP contribution < -0.4 is 20.9 Å². The molecular weight excluding hydrogens is 496 g/mol. The van der Waals surface area contributed by atoms with Crippen molar-refractivity contribution in [1.82, 2.24) is 14.8 Å². The van der Waals surface area contributed by atoms with E-state index in [-0.39, 0.29) is 24.1 Å². The third-order valence-corrected chi connectivity index (χ3v) is 8.46. The van der Waals surface area contributed by atoms with E-state index in [1.165, 1.54) is 22.7 Å². The lowest BCUT2D eigenvalue weighted by atomic mass is 10.0. The van der Waals surface area contributed by atoms with Crippen molar-refractivity contribution in [1.29, 1.82) is 5.26 Å². The second kappa shape index (κ2) is 8.98. The van der Waals surface area contributed by atoms with Crippen molar-refractivity contribution in [3.8, 4) is 28.0 Å². The maximum Gasteiger partial charge on any atom is 0.266 e. The number of aromatic nitrogens is 1. The molecular formula is C25H22N6O3S2. The second-order valence-corrected chi connectivity index (χ2v) is 10.6. The van der Waals surface area contributed by atoms with Crippen LogP contribution in [0.15, 0.2) is 35.7 Å². The van der Waals surface area contributed by atoms with Crippen LogP contribution >= 0.6 is 22.7 Å². The molecule has 182 valence electrons. The van der Waals surface area contributed by atoms with E-state index in [1.54, 1.807) is 0 Å². The summed E-state index contributed by atoms with van der Waals surface area (Å²) in [6.45, 7) is 3.70. The Hall–Kier alpha value is -3.85. The number of thiophene rings is 2. The summed E-state index contributed by atoms with van der Waals surface area (Å²) in [5.74, 6) is 1.57. The lowest BCUT2D eigenvalue weighted by molar-refractivity contribution is 0.0634. The zero-order chi connectivity index (χ0) is 24.8. The van der Waals surface area contributed by atoms with E-state index in [0.717, 1.165) is 41.6 Å². The summed E-state index contributed by atoms with van der Waals surface area (Å²) >= 11 is 2.72. The van der Waals surface area contributed by atoms with Crippen LogP contribution in [0.2, 0.25) is 0 Å². The molecule has 0 atom stereocenters. The molecule has 11 heteroatoms. The number of benzene rings is 1. The van der Waals surface area contributed by atoms with Crippen LogP contribution in [0.25, 0.3) is 20.7 Å². The van der Waals surface area contributed by atoms with Crippen LogP contribution in [-0.4, -0.2) is 53.7 Å². The van der Waals surface area contributed by atoms with E-state index >= 15 is 0 Å². The summed E-state index contributed by atoms with van der Waals surface area (Å²) in [4.78, 5) is 23.9. The largest absolute Gasteiger partial charge is 0.454 e. The van der Waals surface area contributed by atoms with Gasteiger partial charge in [-0.25, -0.2) is 4.98 Å². The summed E-state index contributed by atoms with van der Waals surface area (Å²) in [5.41, 5.74) is 15.1. The Kier molecular flexibility index (Phi) is 5.64. The molecule has 1 fully saturated rings. The van der Waals surface area contributed by atoms with Gasteiger partial charge in [-0.2, -0.15) is 5.26 Å². The van der Waals surface area contributed by atoms with E-state index in [0.29, 0.717) is 39.4 Å². The maximum atomic E-state index is 13.5. The summed E-state index contributed by atoms with van der Waals surface area (Å²) in [6, 6.07) is 12.0. The van der Waals surface area contributed by atoms with Gasteiger partial charge in [0.15, 0.2) is 11.5 Å². The van der Waals surface area contributed by atoms with Crippen molar-refractivity contribution < 1.29 is 14.3 Å². The summed E-state index contributed by atoms with van der Waals surface area (Å²) in [6.07, 6.45) is 0. The van der Waals surface area contributed by atoms with Crippen LogP contribution in [0.1, 0.15) is 20.8 Å². The zero-order valence-electron chi connectivity index (χ0n) is 19.2. The first-order valence-corrected chi connectivity index (χ1v) is 13.1. The average molecular weight is 519 g/mol. The monoisotopic (exact) mass is 518 g/mol. The lowest BCUT2D eigenvalue weighted by Gasteiger charge is -2.34. The minimum absolute atomic E-state index is 0.118. The molecule has 0 bridgehead atoms. The molecule has 2 aliphatic heterocycles. The van der Waals surface area contributed by atoms with Gasteiger partial charge >= 0.3 is 0 Å². The van der Waals surface area contributed by atoms with Gasteiger partial charge in [0.05, 0.1) is 5.69 Å². The molecule has 2 aliphatic rings. The zero-order valence-corrected chi connectivity index (χ0v) is 20.8. The maximum absolute atomic E-state index is 13.5. The Labute approximate surface area is 215 Å². The van der Waals surface area contributed by atoms with E-state index in [9.17, 15) is 10.1 Å². The molecule has 0 aliphatic carbocycles. The number of nitrogens with two attached hydrogens (primary N) is 2. The van der Waals surface area contributed by atoms with Gasteiger partial charge in [0, 0.05) is 48.6 Å². The third-order valence-electron chi connectivity index (χ3n) is 6.48. The Morgan fingerprint density at radius 3 is 2.69 bits per heavy atom. The Balaban J connectivity index is 1.23. The molecule has 1 aromatic carbocycles. The number of hydrogen-bond acceptors (Lipinski definition) is 10. The Morgan fingerprint density at radius 2 is 1.94 bits per heavy atom. The lowest BCUT2D eigenvalue weighted by Crippen LogP contribution is -2.48. The number of anilines is 2. The Bertz CT molecular complexity index is 1520. The summed E-state index contributed by atoms with van der Waals surface area (Å²) in [5, 5.41) is 12.3. The molecule has 1 amide bonds. The number of nitriles is 1. The quantitative estimate of drug-likeness (QED) is 0.418. The SMILES string of the molecule is N#Cc1c(N)nc2sc(C(=O)N3CCN(Cc4ccc5c(c4)OCO5)CC3)c(N)c2c1-c1cccs1. The van der Waals surface area contributed by atoms with Crippen LogP contribution in [0, 0.1) is 11.3 Å². The van der Waals surface area contributed by atoms with Gasteiger partial charge in [-0.1, -0.05) is 12.1 Å². The number of ether oxygens (including phenoxy) is 2. The highest BCUT2D eigenvalue weighted by atomic mass is 32.1. The summed E-state index contributed by atoms with van der Waals surface area (Å²) < 4.78 is 10.9. The molecule has 3 aromatic heterocycles. The van der Waals surface area contributed by atoms with E-state index in [4.69, 9.17) is 20.9 Å². The highest BCUT2D eigenvalue weighted by Crippen LogP contribution is 2.44. The number of pyridine rings is 1. The van der Waals surface area contributed by atoms with Gasteiger partial charge in [0.2, 0.25) is 6.79 Å². The first kappa shape index (κ1) is 22.6. The van der Waals surface area contributed by atoms with Crippen LogP contribution in [0.5, 0.6) is 11.5 Å². The highest BCUT2D eigenvalue weighted by Gasteiger charge is 2.29. The summed E-state index contributed by atoms with van der Waals surface area (Å²) in [7, 11) is 0. The van der Waals surface area contributed by atoms with Gasteiger partial charge in [-0.3, -0.25) is 9.69 Å². The number of carbonyl (C=O) groups is 1. The molecule has 0 radical (unpaired) electrons. The van der Waals surface area contributed by atoms with Crippen molar-refractivity contribution in [3.05, 3.63) is 51.7 Å². The van der Waals surface area contributed by atoms with Crippen molar-refractivity contribution in [2.75, 3.05) is 44.4 Å². The molecule has 1 saturated heterocycles. The molecule has 36 heavy (non-hydrogen) atoms. The standard InChI is InChI=1S/C25H22N6O3S2/c26-11-15-19(18-2-1-9-35-18)20-21(27)22(36-24(20)29-23(15)28)25(32)31-7-5-30(6-8-31)12-14-3-4-16-17(10-14)34-13-33-16/h1-4,9-10H,5-8,12-13,27H2,(H2,28,29). The number of amides is 1. The van der Waals surface area contributed by atoms with Gasteiger partial charge in [-0.05, 0) is 29.1 Å². The predicted molar refractivity (Wildman–Crippen MR) is 140 cm³/mol. The predicted octanol–water partition coefficient (Wildman–Crippen LogP) is 3.75. The molecule has 0 unspecified atom stereocenters. The van der Waals surface area contributed by atoms with Gasteiger partial charge in [-0.15, -0.1) is 22.7 Å². The van der Waals surface area contributed by atoms with E-state index < -0.39 is 0 Å². The van der Waals surface area contributed by atoms with Crippen molar-refractivity contribution in [2.45, 2.75) is 6.54 Å². The second-order valence-electron chi connectivity index (χ2n) is 8.62. The first-order valence-electron chi connectivity index (χ1n) is 11.4. The van der Waals surface area contributed by atoms with Crippen LogP contribution in [0.3, 0.4) is 0 Å². The smallest absolute Gasteiger partial charge is 0.266 e. The molecule has 4 N–H and O–H groups in total. The molecule has 4 aromatic rings. The van der Waals surface area contributed by atoms with Crippen molar-refractivity contribution in [3.63, 3.8) is 0 Å². The minimum Gasteiger partial charge on any atom is -0.454 e. The fourth-order valence-corrected chi connectivity index (χ4v) is 6.52. The van der Waals surface area contributed by atoms with Crippen molar-refractivity contribution >= 4 is 50.3 Å². The molecule has 5 heterocycles. The number of fused-ring (bicyclic) bond motifs is 2. The highest BCUT2D eigenvalue weighted by molar-refractivity contribution is 7.21. The number of carbonyl (C=O) groups excluding carboxylic acids is 1. The average Bonchev–Trinajstić information content (AvgIpc) is 3.64. The molecule has 6 rings (SSSR count). The fourth-order valence-electron chi connectivity index (χ4n) is 4.66. The fraction of sp³-hybridized carbons (Fsp3) is 0.240. The minimum atomic E-state index is -0.118. The Morgan fingerprint density at radius 1 is 1.14 bits per heavy atom. The normalized spacial score (nSPS) is 15.4. The number of nitrogen functional groups attached to an aromatic ring is 2. The third kappa shape index (κ3) is 3.80. The number of rotatable bonds is 4. The molecule has 0 saturated carbocycles. The topological polar surface area (TPSA) is 131 Å². The number of hydrogen-bond donors (Lipinski definition) is 2. The van der Waals surface area contributed by atoms with Crippen molar-refractivity contribution in [2.24, 2.45) is 0 Å². The van der Waals surface area contributed by atoms with Gasteiger partial charge in [0.25, 0.3) is 5.91 Å². The molecule has 9 nitrogen and oxygen atoms in total. The first-order chi connectivity index (χ1) is 17.5. The van der Waals surface area contributed by atoms with E-state index in [1.807, 2.05) is 40.6 Å². The van der Waals surface area contributed by atoms with Crippen LogP contribution in [-0.2, 0) is 6.54 Å².